The van der Waals surface area contributed by atoms with Gasteiger partial charge in [-0.3, -0.25) is 4.79 Å². The molecule has 1 fully saturated rings. The number of carbonyl (C=O) groups is 2. The molecule has 1 aliphatic rings. The third-order valence-electron chi connectivity index (χ3n) is 5.06. The summed E-state index contributed by atoms with van der Waals surface area (Å²) < 4.78 is 13.0. The SMILES string of the molecule is O=C(CCC1CCCN(C(=O)Nc2ccc(F)cc2)C1)NCc1cccc(Cl)c1. The Balaban J connectivity index is 1.41. The molecule has 0 spiro atoms. The van der Waals surface area contributed by atoms with Crippen LogP contribution in [0.15, 0.2) is 48.5 Å². The number of benzene rings is 2. The molecule has 5 nitrogen and oxygen atoms in total. The van der Waals surface area contributed by atoms with Crippen LogP contribution in [0.1, 0.15) is 31.2 Å². The van der Waals surface area contributed by atoms with Gasteiger partial charge in [0.1, 0.15) is 5.82 Å². The van der Waals surface area contributed by atoms with E-state index in [0.29, 0.717) is 42.7 Å². The minimum atomic E-state index is -0.338. The maximum atomic E-state index is 13.0. The second-order valence-corrected chi connectivity index (χ2v) is 7.77. The first kappa shape index (κ1) is 21.1. The van der Waals surface area contributed by atoms with Gasteiger partial charge in [0.05, 0.1) is 0 Å². The Bertz CT molecular complexity index is 844. The smallest absolute Gasteiger partial charge is 0.321 e. The zero-order valence-corrected chi connectivity index (χ0v) is 16.9. The molecule has 1 heterocycles. The minimum Gasteiger partial charge on any atom is -0.352 e. The molecule has 2 N–H and O–H groups in total. The van der Waals surface area contributed by atoms with E-state index in [1.165, 1.54) is 12.1 Å². The molecular weight excluding hydrogens is 393 g/mol. The van der Waals surface area contributed by atoms with Crippen molar-refractivity contribution in [1.82, 2.24) is 10.2 Å². The van der Waals surface area contributed by atoms with E-state index in [2.05, 4.69) is 10.6 Å². The molecule has 1 unspecified atom stereocenters. The van der Waals surface area contributed by atoms with E-state index in [9.17, 15) is 14.0 Å². The van der Waals surface area contributed by atoms with Crippen molar-refractivity contribution in [1.29, 1.82) is 0 Å². The Hall–Kier alpha value is -2.60. The van der Waals surface area contributed by atoms with Crippen molar-refractivity contribution in [2.75, 3.05) is 18.4 Å². The highest BCUT2D eigenvalue weighted by atomic mass is 35.5. The zero-order valence-electron chi connectivity index (χ0n) is 16.2. The van der Waals surface area contributed by atoms with E-state index < -0.39 is 0 Å². The van der Waals surface area contributed by atoms with Gasteiger partial charge in [0.25, 0.3) is 0 Å². The summed E-state index contributed by atoms with van der Waals surface area (Å²) in [6.07, 6.45) is 3.08. The van der Waals surface area contributed by atoms with Gasteiger partial charge in [-0.25, -0.2) is 9.18 Å². The van der Waals surface area contributed by atoms with Crippen LogP contribution in [0.5, 0.6) is 0 Å². The normalized spacial score (nSPS) is 16.3. The number of rotatable bonds is 6. The lowest BCUT2D eigenvalue weighted by atomic mass is 9.93. The Morgan fingerprint density at radius 1 is 1.17 bits per heavy atom. The fourth-order valence-electron chi connectivity index (χ4n) is 3.49. The number of nitrogens with zero attached hydrogens (tertiary/aromatic N) is 1. The van der Waals surface area contributed by atoms with Crippen LogP contribution in [-0.4, -0.2) is 29.9 Å². The number of halogens is 2. The van der Waals surface area contributed by atoms with Crippen LogP contribution in [0.3, 0.4) is 0 Å². The second-order valence-electron chi connectivity index (χ2n) is 7.34. The summed E-state index contributed by atoms with van der Waals surface area (Å²) in [6, 6.07) is 12.9. The molecule has 0 saturated carbocycles. The molecule has 1 saturated heterocycles. The lowest BCUT2D eigenvalue weighted by Crippen LogP contribution is -2.42. The van der Waals surface area contributed by atoms with Gasteiger partial charge in [-0.05, 0) is 67.1 Å². The molecule has 2 aromatic rings. The van der Waals surface area contributed by atoms with Gasteiger partial charge in [0, 0.05) is 36.8 Å². The standard InChI is InChI=1S/C22H25ClFN3O2/c23-18-5-1-3-17(13-18)14-25-21(28)11-6-16-4-2-12-27(15-16)22(29)26-20-9-7-19(24)8-10-20/h1,3,5,7-10,13,16H,2,4,6,11-12,14-15H2,(H,25,28)(H,26,29). The predicted octanol–water partition coefficient (Wildman–Crippen LogP) is 4.82. The molecule has 1 aliphatic heterocycles. The first-order chi connectivity index (χ1) is 14.0. The van der Waals surface area contributed by atoms with Crippen molar-refractivity contribution in [3.63, 3.8) is 0 Å². The van der Waals surface area contributed by atoms with Crippen LogP contribution in [0.25, 0.3) is 0 Å². The average Bonchev–Trinajstić information content (AvgIpc) is 2.72. The summed E-state index contributed by atoms with van der Waals surface area (Å²) in [5.74, 6) is -0.0489. The number of piperidine rings is 1. The predicted molar refractivity (Wildman–Crippen MR) is 112 cm³/mol. The van der Waals surface area contributed by atoms with Crippen molar-refractivity contribution in [3.8, 4) is 0 Å². The van der Waals surface area contributed by atoms with Crippen LogP contribution < -0.4 is 10.6 Å². The number of amides is 3. The van der Waals surface area contributed by atoms with Crippen molar-refractivity contribution in [2.45, 2.75) is 32.2 Å². The zero-order chi connectivity index (χ0) is 20.6. The molecule has 7 heteroatoms. The Kier molecular flexibility index (Phi) is 7.47. The Morgan fingerprint density at radius 2 is 1.97 bits per heavy atom. The van der Waals surface area contributed by atoms with E-state index in [1.807, 2.05) is 18.2 Å². The monoisotopic (exact) mass is 417 g/mol. The Morgan fingerprint density at radius 3 is 2.72 bits per heavy atom. The highest BCUT2D eigenvalue weighted by molar-refractivity contribution is 6.30. The molecule has 0 radical (unpaired) electrons. The molecular formula is C22H25ClFN3O2. The molecule has 29 heavy (non-hydrogen) atoms. The molecule has 154 valence electrons. The fraction of sp³-hybridized carbons (Fsp3) is 0.364. The molecule has 3 rings (SSSR count). The number of likely N-dealkylation sites (tertiary alicyclic amines) is 1. The van der Waals surface area contributed by atoms with E-state index in [0.717, 1.165) is 24.8 Å². The minimum absolute atomic E-state index is 0.00198. The van der Waals surface area contributed by atoms with E-state index in [-0.39, 0.29) is 17.8 Å². The van der Waals surface area contributed by atoms with Crippen molar-refractivity contribution in [3.05, 3.63) is 64.9 Å². The average molecular weight is 418 g/mol. The van der Waals surface area contributed by atoms with Crippen LogP contribution in [-0.2, 0) is 11.3 Å². The van der Waals surface area contributed by atoms with E-state index >= 15 is 0 Å². The highest BCUT2D eigenvalue weighted by Gasteiger charge is 2.24. The van der Waals surface area contributed by atoms with Gasteiger partial charge in [0.2, 0.25) is 5.91 Å². The van der Waals surface area contributed by atoms with Gasteiger partial charge in [0.15, 0.2) is 0 Å². The lowest BCUT2D eigenvalue weighted by Gasteiger charge is -2.32. The molecule has 3 amide bonds. The number of carbonyl (C=O) groups excluding carboxylic acids is 2. The van der Waals surface area contributed by atoms with Crippen LogP contribution in [0.4, 0.5) is 14.9 Å². The summed E-state index contributed by atoms with van der Waals surface area (Å²) in [5.41, 5.74) is 1.53. The topological polar surface area (TPSA) is 61.4 Å². The fourth-order valence-corrected chi connectivity index (χ4v) is 3.70. The van der Waals surface area contributed by atoms with Crippen molar-refractivity contribution < 1.29 is 14.0 Å². The summed E-state index contributed by atoms with van der Waals surface area (Å²) in [6.45, 7) is 1.76. The molecule has 2 aromatic carbocycles. The van der Waals surface area contributed by atoms with Gasteiger partial charge in [-0.15, -0.1) is 0 Å². The number of hydrogen-bond acceptors (Lipinski definition) is 2. The summed E-state index contributed by atoms with van der Waals surface area (Å²) >= 11 is 5.95. The second kappa shape index (κ2) is 10.3. The van der Waals surface area contributed by atoms with Gasteiger partial charge in [-0.2, -0.15) is 0 Å². The first-order valence-corrected chi connectivity index (χ1v) is 10.2. The van der Waals surface area contributed by atoms with E-state index in [4.69, 9.17) is 11.6 Å². The van der Waals surface area contributed by atoms with Gasteiger partial charge < -0.3 is 15.5 Å². The van der Waals surface area contributed by atoms with Crippen molar-refractivity contribution in [2.24, 2.45) is 5.92 Å². The maximum absolute atomic E-state index is 13.0. The maximum Gasteiger partial charge on any atom is 0.321 e. The molecule has 0 aromatic heterocycles. The van der Waals surface area contributed by atoms with E-state index in [1.54, 1.807) is 23.1 Å². The summed E-state index contributed by atoms with van der Waals surface area (Å²) in [4.78, 5) is 26.4. The Labute approximate surface area is 175 Å². The molecule has 1 atom stereocenters. The summed E-state index contributed by atoms with van der Waals surface area (Å²) in [5, 5.41) is 6.36. The largest absolute Gasteiger partial charge is 0.352 e. The number of hydrogen-bond donors (Lipinski definition) is 2. The van der Waals surface area contributed by atoms with Gasteiger partial charge >= 0.3 is 6.03 Å². The van der Waals surface area contributed by atoms with Crippen molar-refractivity contribution >= 4 is 29.2 Å². The number of nitrogens with one attached hydrogen (secondary N) is 2. The third-order valence-corrected chi connectivity index (χ3v) is 5.30. The quantitative estimate of drug-likeness (QED) is 0.707. The lowest BCUT2D eigenvalue weighted by molar-refractivity contribution is -0.121. The number of urea groups is 1. The van der Waals surface area contributed by atoms with Crippen LogP contribution >= 0.6 is 11.6 Å². The highest BCUT2D eigenvalue weighted by Crippen LogP contribution is 2.22. The third kappa shape index (κ3) is 6.75. The van der Waals surface area contributed by atoms with Crippen LogP contribution in [0, 0.1) is 11.7 Å². The first-order valence-electron chi connectivity index (χ1n) is 9.82. The summed E-state index contributed by atoms with van der Waals surface area (Å²) in [7, 11) is 0. The molecule has 0 bridgehead atoms. The molecule has 0 aliphatic carbocycles. The number of anilines is 1. The van der Waals surface area contributed by atoms with Crippen LogP contribution in [0.2, 0.25) is 5.02 Å². The van der Waals surface area contributed by atoms with Gasteiger partial charge in [-0.1, -0.05) is 23.7 Å².